The van der Waals surface area contributed by atoms with Crippen molar-refractivity contribution >= 4 is 17.3 Å². The molecule has 0 amide bonds. The molecule has 0 radical (unpaired) electrons. The Bertz CT molecular complexity index is 523. The van der Waals surface area contributed by atoms with Gasteiger partial charge in [-0.1, -0.05) is 41.4 Å². The van der Waals surface area contributed by atoms with Gasteiger partial charge in [0.05, 0.1) is 0 Å². The van der Waals surface area contributed by atoms with Crippen LogP contribution in [0.3, 0.4) is 0 Å². The van der Waals surface area contributed by atoms with Gasteiger partial charge in [-0.3, -0.25) is 0 Å². The first-order valence-corrected chi connectivity index (χ1v) is 6.83. The molecule has 0 heterocycles. The summed E-state index contributed by atoms with van der Waals surface area (Å²) in [6.45, 7) is 4.43. The summed E-state index contributed by atoms with van der Waals surface area (Å²) in [7, 11) is 0. The lowest BCUT2D eigenvalue weighted by Gasteiger charge is -2.24. The summed E-state index contributed by atoms with van der Waals surface area (Å²) in [6.07, 6.45) is 0. The largest absolute Gasteiger partial charge is 0.366 e. The highest BCUT2D eigenvalue weighted by molar-refractivity contribution is 6.30. The molecule has 2 aromatic rings. The third-order valence-electron chi connectivity index (χ3n) is 3.05. The molecule has 0 bridgehead atoms. The zero-order valence-corrected chi connectivity index (χ0v) is 11.9. The first-order valence-electron chi connectivity index (χ1n) is 6.45. The summed E-state index contributed by atoms with van der Waals surface area (Å²) in [4.78, 5) is 2.27. The molecule has 0 unspecified atom stereocenters. The van der Waals surface area contributed by atoms with Crippen molar-refractivity contribution < 1.29 is 0 Å². The third kappa shape index (κ3) is 3.98. The topological polar surface area (TPSA) is 29.3 Å². The zero-order chi connectivity index (χ0) is 13.7. The molecule has 0 aliphatic carbocycles. The van der Waals surface area contributed by atoms with Crippen molar-refractivity contribution in [2.24, 2.45) is 5.73 Å². The number of nitrogens with two attached hydrogens (primary N) is 1. The molecule has 0 aromatic heterocycles. The fourth-order valence-corrected chi connectivity index (χ4v) is 2.26. The van der Waals surface area contributed by atoms with Crippen molar-refractivity contribution in [3.63, 3.8) is 0 Å². The minimum absolute atomic E-state index is 0.633. The maximum absolute atomic E-state index is 5.93. The number of rotatable bonds is 5. The number of hydrogen-bond acceptors (Lipinski definition) is 2. The summed E-state index contributed by atoms with van der Waals surface area (Å²) in [5.74, 6) is 0. The summed E-state index contributed by atoms with van der Waals surface area (Å²) < 4.78 is 0. The maximum atomic E-state index is 5.93. The molecular formula is C16H19ClN2. The Balaban J connectivity index is 2.18. The van der Waals surface area contributed by atoms with Gasteiger partial charge in [0.15, 0.2) is 0 Å². The van der Waals surface area contributed by atoms with Gasteiger partial charge in [0.2, 0.25) is 0 Å². The minimum atomic E-state index is 0.633. The number of aryl methyl sites for hydroxylation is 1. The second kappa shape index (κ2) is 6.60. The Morgan fingerprint density at radius 1 is 1.11 bits per heavy atom. The van der Waals surface area contributed by atoms with E-state index in [1.165, 1.54) is 11.1 Å². The normalized spacial score (nSPS) is 10.5. The van der Waals surface area contributed by atoms with Crippen LogP contribution in [-0.2, 0) is 6.54 Å². The monoisotopic (exact) mass is 274 g/mol. The van der Waals surface area contributed by atoms with Crippen LogP contribution in [0.15, 0.2) is 48.5 Å². The lowest BCUT2D eigenvalue weighted by Crippen LogP contribution is -2.28. The summed E-state index contributed by atoms with van der Waals surface area (Å²) in [6, 6.07) is 16.5. The summed E-state index contributed by atoms with van der Waals surface area (Å²) >= 11 is 5.93. The SMILES string of the molecule is Cc1cccc(CN(CCN)c2ccc(Cl)cc2)c1. The van der Waals surface area contributed by atoms with Gasteiger partial charge >= 0.3 is 0 Å². The first kappa shape index (κ1) is 13.9. The molecule has 2 N–H and O–H groups in total. The van der Waals surface area contributed by atoms with E-state index < -0.39 is 0 Å². The van der Waals surface area contributed by atoms with E-state index in [9.17, 15) is 0 Å². The van der Waals surface area contributed by atoms with Crippen molar-refractivity contribution in [3.8, 4) is 0 Å². The van der Waals surface area contributed by atoms with Crippen LogP contribution in [0.2, 0.25) is 5.02 Å². The maximum Gasteiger partial charge on any atom is 0.0430 e. The summed E-state index contributed by atoms with van der Waals surface area (Å²) in [5.41, 5.74) is 9.44. The van der Waals surface area contributed by atoms with Crippen molar-refractivity contribution in [2.45, 2.75) is 13.5 Å². The van der Waals surface area contributed by atoms with Gasteiger partial charge in [0.1, 0.15) is 0 Å². The lowest BCUT2D eigenvalue weighted by molar-refractivity contribution is 0.789. The molecule has 2 rings (SSSR count). The third-order valence-corrected chi connectivity index (χ3v) is 3.30. The van der Waals surface area contributed by atoms with E-state index in [0.717, 1.165) is 23.8 Å². The molecule has 19 heavy (non-hydrogen) atoms. The van der Waals surface area contributed by atoms with E-state index >= 15 is 0 Å². The molecular weight excluding hydrogens is 256 g/mol. The smallest absolute Gasteiger partial charge is 0.0430 e. The number of nitrogens with zero attached hydrogens (tertiary/aromatic N) is 1. The van der Waals surface area contributed by atoms with E-state index in [1.54, 1.807) is 0 Å². The Morgan fingerprint density at radius 2 is 1.84 bits per heavy atom. The quantitative estimate of drug-likeness (QED) is 0.902. The van der Waals surface area contributed by atoms with Crippen LogP contribution in [0.1, 0.15) is 11.1 Å². The van der Waals surface area contributed by atoms with E-state index in [1.807, 2.05) is 24.3 Å². The minimum Gasteiger partial charge on any atom is -0.366 e. The zero-order valence-electron chi connectivity index (χ0n) is 11.1. The predicted octanol–water partition coefficient (Wildman–Crippen LogP) is 3.61. The molecule has 0 saturated heterocycles. The van der Waals surface area contributed by atoms with E-state index in [0.29, 0.717) is 6.54 Å². The highest BCUT2D eigenvalue weighted by atomic mass is 35.5. The lowest BCUT2D eigenvalue weighted by atomic mass is 10.1. The fraction of sp³-hybridized carbons (Fsp3) is 0.250. The Hall–Kier alpha value is -1.51. The standard InChI is InChI=1S/C16H19ClN2/c1-13-3-2-4-14(11-13)12-19(10-9-18)16-7-5-15(17)6-8-16/h2-8,11H,9-10,12,18H2,1H3. The van der Waals surface area contributed by atoms with E-state index in [2.05, 4.69) is 36.1 Å². The van der Waals surface area contributed by atoms with Gasteiger partial charge in [0, 0.05) is 30.3 Å². The van der Waals surface area contributed by atoms with Crippen LogP contribution < -0.4 is 10.6 Å². The number of anilines is 1. The number of hydrogen-bond donors (Lipinski definition) is 1. The van der Waals surface area contributed by atoms with Crippen LogP contribution in [-0.4, -0.2) is 13.1 Å². The van der Waals surface area contributed by atoms with Crippen molar-refractivity contribution in [1.82, 2.24) is 0 Å². The molecule has 2 aromatic carbocycles. The van der Waals surface area contributed by atoms with Crippen molar-refractivity contribution in [1.29, 1.82) is 0 Å². The molecule has 100 valence electrons. The molecule has 0 fully saturated rings. The van der Waals surface area contributed by atoms with Gasteiger partial charge in [-0.25, -0.2) is 0 Å². The summed E-state index contributed by atoms with van der Waals surface area (Å²) in [5, 5.41) is 0.756. The predicted molar refractivity (Wildman–Crippen MR) is 82.7 cm³/mol. The fourth-order valence-electron chi connectivity index (χ4n) is 2.14. The molecule has 0 atom stereocenters. The average Bonchev–Trinajstić information content (AvgIpc) is 2.39. The van der Waals surface area contributed by atoms with Crippen molar-refractivity contribution in [2.75, 3.05) is 18.0 Å². The van der Waals surface area contributed by atoms with Crippen LogP contribution in [0.25, 0.3) is 0 Å². The molecule has 0 spiro atoms. The van der Waals surface area contributed by atoms with Gasteiger partial charge in [-0.15, -0.1) is 0 Å². The Kier molecular flexibility index (Phi) is 4.83. The highest BCUT2D eigenvalue weighted by Gasteiger charge is 2.06. The molecule has 0 saturated carbocycles. The second-order valence-corrected chi connectivity index (χ2v) is 5.11. The Morgan fingerprint density at radius 3 is 2.47 bits per heavy atom. The van der Waals surface area contributed by atoms with Crippen molar-refractivity contribution in [3.05, 3.63) is 64.7 Å². The highest BCUT2D eigenvalue weighted by Crippen LogP contribution is 2.20. The van der Waals surface area contributed by atoms with Crippen LogP contribution in [0.4, 0.5) is 5.69 Å². The molecule has 0 aliphatic rings. The van der Waals surface area contributed by atoms with Crippen LogP contribution in [0.5, 0.6) is 0 Å². The van der Waals surface area contributed by atoms with Crippen LogP contribution >= 0.6 is 11.6 Å². The van der Waals surface area contributed by atoms with Gasteiger partial charge < -0.3 is 10.6 Å². The van der Waals surface area contributed by atoms with Gasteiger partial charge in [0.25, 0.3) is 0 Å². The second-order valence-electron chi connectivity index (χ2n) is 4.68. The van der Waals surface area contributed by atoms with E-state index in [4.69, 9.17) is 17.3 Å². The average molecular weight is 275 g/mol. The number of halogens is 1. The number of benzene rings is 2. The van der Waals surface area contributed by atoms with Gasteiger partial charge in [-0.05, 0) is 36.8 Å². The van der Waals surface area contributed by atoms with Gasteiger partial charge in [-0.2, -0.15) is 0 Å². The van der Waals surface area contributed by atoms with Crippen LogP contribution in [0, 0.1) is 6.92 Å². The molecule has 3 heteroatoms. The molecule has 2 nitrogen and oxygen atoms in total. The van der Waals surface area contributed by atoms with E-state index in [-0.39, 0.29) is 0 Å². The first-order chi connectivity index (χ1) is 9.19. The molecule has 0 aliphatic heterocycles. The Labute approximate surface area is 119 Å².